The summed E-state index contributed by atoms with van der Waals surface area (Å²) in [5.74, 6) is 1.94. The number of carbonyl (C=O) groups is 1. The number of aromatic nitrogens is 2. The molecule has 0 bridgehead atoms. The Morgan fingerprint density at radius 2 is 2.10 bits per heavy atom. The smallest absolute Gasteiger partial charge is 0.263 e. The lowest BCUT2D eigenvalue weighted by molar-refractivity contribution is -0.139. The summed E-state index contributed by atoms with van der Waals surface area (Å²) in [4.78, 5) is 22.4. The van der Waals surface area contributed by atoms with Crippen molar-refractivity contribution < 1.29 is 14.1 Å². The molecule has 1 aliphatic heterocycles. The second-order valence-corrected chi connectivity index (χ2v) is 8.86. The molecule has 4 rings (SSSR count). The van der Waals surface area contributed by atoms with Gasteiger partial charge in [0.25, 0.3) is 5.91 Å². The topological polar surface area (TPSA) is 71.7 Å². The van der Waals surface area contributed by atoms with Gasteiger partial charge in [0.1, 0.15) is 5.75 Å². The van der Waals surface area contributed by atoms with Crippen LogP contribution in [0, 0.1) is 0 Å². The number of halogens is 1. The SMILES string of the molecule is CC(Oc1cccc(Cl)c1)C(=O)N1CCN(CCCc2nc(-c3cccs3)no2)CC1. The zero-order chi connectivity index (χ0) is 21.6. The summed E-state index contributed by atoms with van der Waals surface area (Å²) in [6, 6.07) is 11.1. The number of nitrogens with zero attached hydrogens (tertiary/aromatic N) is 4. The third-order valence-electron chi connectivity index (χ3n) is 5.22. The molecule has 1 unspecified atom stereocenters. The Hall–Kier alpha value is -2.42. The van der Waals surface area contributed by atoms with Crippen LogP contribution in [0.5, 0.6) is 5.75 Å². The molecular weight excluding hydrogens is 436 g/mol. The molecule has 0 saturated carbocycles. The lowest BCUT2D eigenvalue weighted by Crippen LogP contribution is -2.52. The van der Waals surface area contributed by atoms with E-state index in [2.05, 4.69) is 15.0 Å². The maximum Gasteiger partial charge on any atom is 0.263 e. The molecule has 0 spiro atoms. The van der Waals surface area contributed by atoms with Crippen LogP contribution in [0.25, 0.3) is 10.7 Å². The van der Waals surface area contributed by atoms with E-state index in [4.69, 9.17) is 20.9 Å². The van der Waals surface area contributed by atoms with Crippen molar-refractivity contribution >= 4 is 28.8 Å². The number of carbonyl (C=O) groups excluding carboxylic acids is 1. The fourth-order valence-corrected chi connectivity index (χ4v) is 4.39. The van der Waals surface area contributed by atoms with E-state index in [-0.39, 0.29) is 5.91 Å². The Kier molecular flexibility index (Phi) is 7.21. The van der Waals surface area contributed by atoms with Crippen molar-refractivity contribution in [3.63, 3.8) is 0 Å². The monoisotopic (exact) mass is 460 g/mol. The van der Waals surface area contributed by atoms with Crippen molar-refractivity contribution in [2.45, 2.75) is 25.9 Å². The largest absolute Gasteiger partial charge is 0.481 e. The lowest BCUT2D eigenvalue weighted by atomic mass is 10.2. The molecule has 1 atom stereocenters. The molecule has 2 aromatic heterocycles. The third-order valence-corrected chi connectivity index (χ3v) is 6.32. The van der Waals surface area contributed by atoms with Crippen LogP contribution in [-0.4, -0.2) is 64.7 Å². The summed E-state index contributed by atoms with van der Waals surface area (Å²) >= 11 is 7.59. The fourth-order valence-electron chi connectivity index (χ4n) is 3.56. The number of aryl methyl sites for hydroxylation is 1. The lowest BCUT2D eigenvalue weighted by Gasteiger charge is -2.35. The van der Waals surface area contributed by atoms with Crippen molar-refractivity contribution in [1.82, 2.24) is 19.9 Å². The van der Waals surface area contributed by atoms with Crippen LogP contribution in [-0.2, 0) is 11.2 Å². The molecule has 1 aromatic carbocycles. The first-order valence-electron chi connectivity index (χ1n) is 10.4. The van der Waals surface area contributed by atoms with E-state index in [0.717, 1.165) is 37.4 Å². The van der Waals surface area contributed by atoms with Crippen LogP contribution in [0.15, 0.2) is 46.3 Å². The quantitative estimate of drug-likeness (QED) is 0.506. The van der Waals surface area contributed by atoms with Crippen molar-refractivity contribution in [1.29, 1.82) is 0 Å². The summed E-state index contributed by atoms with van der Waals surface area (Å²) in [7, 11) is 0. The van der Waals surface area contributed by atoms with Gasteiger partial charge in [-0.25, -0.2) is 0 Å². The number of rotatable bonds is 8. The molecule has 0 N–H and O–H groups in total. The fraction of sp³-hybridized carbons (Fsp3) is 0.409. The predicted molar refractivity (Wildman–Crippen MR) is 120 cm³/mol. The molecule has 9 heteroatoms. The maximum absolute atomic E-state index is 12.7. The Bertz CT molecular complexity index is 986. The molecule has 0 aliphatic carbocycles. The van der Waals surface area contributed by atoms with Gasteiger partial charge in [-0.2, -0.15) is 4.98 Å². The molecule has 164 valence electrons. The predicted octanol–water partition coefficient (Wildman–Crippen LogP) is 4.00. The Labute approximate surface area is 190 Å². The van der Waals surface area contributed by atoms with Gasteiger partial charge in [-0.3, -0.25) is 9.69 Å². The third kappa shape index (κ3) is 5.84. The number of benzene rings is 1. The van der Waals surface area contributed by atoms with Crippen LogP contribution < -0.4 is 4.74 Å². The molecule has 0 radical (unpaired) electrons. The van der Waals surface area contributed by atoms with Crippen molar-refractivity contribution in [2.24, 2.45) is 0 Å². The summed E-state index contributed by atoms with van der Waals surface area (Å²) in [5.41, 5.74) is 0. The average Bonchev–Trinajstić information content (AvgIpc) is 3.46. The highest BCUT2D eigenvalue weighted by Crippen LogP contribution is 2.22. The molecule has 1 fully saturated rings. The number of hydrogen-bond donors (Lipinski definition) is 0. The van der Waals surface area contributed by atoms with Crippen LogP contribution in [0.2, 0.25) is 5.02 Å². The molecular formula is C22H25ClN4O3S. The number of thiophene rings is 1. The first kappa shape index (κ1) is 21.8. The van der Waals surface area contributed by atoms with E-state index in [1.807, 2.05) is 28.5 Å². The van der Waals surface area contributed by atoms with Gasteiger partial charge in [-0.1, -0.05) is 28.9 Å². The number of ether oxygens (including phenoxy) is 1. The summed E-state index contributed by atoms with van der Waals surface area (Å²) in [6.45, 7) is 5.81. The van der Waals surface area contributed by atoms with Gasteiger partial charge in [0.15, 0.2) is 6.10 Å². The highest BCUT2D eigenvalue weighted by Gasteiger charge is 2.26. The molecule has 1 saturated heterocycles. The Balaban J connectivity index is 1.18. The normalized spacial score (nSPS) is 15.7. The minimum Gasteiger partial charge on any atom is -0.481 e. The van der Waals surface area contributed by atoms with Crippen molar-refractivity contribution in [3.8, 4) is 16.5 Å². The minimum absolute atomic E-state index is 0.00610. The summed E-state index contributed by atoms with van der Waals surface area (Å²) < 4.78 is 11.1. The average molecular weight is 461 g/mol. The van der Waals surface area contributed by atoms with Crippen LogP contribution in [0.4, 0.5) is 0 Å². The summed E-state index contributed by atoms with van der Waals surface area (Å²) in [5, 5.41) is 6.64. The van der Waals surface area contributed by atoms with Gasteiger partial charge in [0.05, 0.1) is 4.88 Å². The first-order chi connectivity index (χ1) is 15.1. The van der Waals surface area contributed by atoms with Gasteiger partial charge in [-0.05, 0) is 49.5 Å². The van der Waals surface area contributed by atoms with Gasteiger partial charge >= 0.3 is 0 Å². The number of hydrogen-bond acceptors (Lipinski definition) is 7. The van der Waals surface area contributed by atoms with E-state index in [9.17, 15) is 4.79 Å². The van der Waals surface area contributed by atoms with E-state index in [1.165, 1.54) is 0 Å². The molecule has 1 amide bonds. The zero-order valence-electron chi connectivity index (χ0n) is 17.4. The number of piperazine rings is 1. The van der Waals surface area contributed by atoms with Crippen LogP contribution in [0.1, 0.15) is 19.2 Å². The standard InChI is InChI=1S/C22H25ClN4O3S/c1-16(29-18-6-2-5-17(23)15-18)22(28)27-12-10-26(11-13-27)9-3-8-20-24-21(25-30-20)19-7-4-14-31-19/h2,4-7,14-16H,3,8-13H2,1H3. The molecule has 3 heterocycles. The van der Waals surface area contributed by atoms with Crippen molar-refractivity contribution in [2.75, 3.05) is 32.7 Å². The Morgan fingerprint density at radius 3 is 2.84 bits per heavy atom. The van der Waals surface area contributed by atoms with Gasteiger partial charge < -0.3 is 14.2 Å². The molecule has 1 aliphatic rings. The van der Waals surface area contributed by atoms with Crippen molar-refractivity contribution in [3.05, 3.63) is 52.7 Å². The first-order valence-corrected chi connectivity index (χ1v) is 11.6. The van der Waals surface area contributed by atoms with E-state index >= 15 is 0 Å². The van der Waals surface area contributed by atoms with Gasteiger partial charge in [0, 0.05) is 37.6 Å². The molecule has 31 heavy (non-hydrogen) atoms. The van der Waals surface area contributed by atoms with E-state index in [0.29, 0.717) is 35.6 Å². The molecule has 3 aromatic rings. The van der Waals surface area contributed by atoms with E-state index < -0.39 is 6.10 Å². The highest BCUT2D eigenvalue weighted by atomic mass is 35.5. The highest BCUT2D eigenvalue weighted by molar-refractivity contribution is 7.13. The second-order valence-electron chi connectivity index (χ2n) is 7.48. The Morgan fingerprint density at radius 1 is 1.26 bits per heavy atom. The second kappa shape index (κ2) is 10.3. The number of amides is 1. The van der Waals surface area contributed by atoms with E-state index in [1.54, 1.807) is 36.5 Å². The van der Waals surface area contributed by atoms with Gasteiger partial charge in [0.2, 0.25) is 11.7 Å². The summed E-state index contributed by atoms with van der Waals surface area (Å²) in [6.07, 6.45) is 1.15. The van der Waals surface area contributed by atoms with Gasteiger partial charge in [-0.15, -0.1) is 11.3 Å². The zero-order valence-corrected chi connectivity index (χ0v) is 18.9. The molecule has 7 nitrogen and oxygen atoms in total. The van der Waals surface area contributed by atoms with Crippen LogP contribution in [0.3, 0.4) is 0 Å². The minimum atomic E-state index is -0.542. The van der Waals surface area contributed by atoms with Crippen LogP contribution >= 0.6 is 22.9 Å². The maximum atomic E-state index is 12.7.